The Hall–Kier alpha value is -3.92. The molecule has 1 aliphatic rings. The number of aldehydes is 1. The Bertz CT molecular complexity index is 1620. The van der Waals surface area contributed by atoms with Crippen LogP contribution in [0.3, 0.4) is 0 Å². The topological polar surface area (TPSA) is 99.5 Å². The molecule has 5 aromatic heterocycles. The predicted octanol–water partition coefficient (Wildman–Crippen LogP) is 3.92. The predicted molar refractivity (Wildman–Crippen MR) is 124 cm³/mol. The molecule has 5 aromatic rings. The second-order valence-corrected chi connectivity index (χ2v) is 9.14. The number of rotatable bonds is 8. The van der Waals surface area contributed by atoms with Crippen LogP contribution in [0.1, 0.15) is 63.0 Å². The Kier molecular flexibility index (Phi) is 5.18. The standard InChI is InChI=1S/C24H19ClFN7O2/c25-18-5-6-31-13-27-19(23(31)22(18)26)3-4-21(35)20-11-33(30-29-20)10-17-9-32-8-15(14-1-2-14)7-16(12-34)24(32)28-17/h5-9,11-14H,1-4,10H2. The summed E-state index contributed by atoms with van der Waals surface area (Å²) < 4.78 is 19.3. The first-order valence-corrected chi connectivity index (χ1v) is 11.6. The zero-order valence-electron chi connectivity index (χ0n) is 18.4. The van der Waals surface area contributed by atoms with Gasteiger partial charge in [-0.3, -0.25) is 9.59 Å². The third-order valence-corrected chi connectivity index (χ3v) is 6.52. The van der Waals surface area contributed by atoms with Crippen LogP contribution in [0.4, 0.5) is 4.39 Å². The quantitative estimate of drug-likeness (QED) is 0.241. The lowest BCUT2D eigenvalue weighted by molar-refractivity contribution is 0.0977. The maximum Gasteiger partial charge on any atom is 0.185 e. The molecule has 0 atom stereocenters. The largest absolute Gasteiger partial charge is 0.306 e. The van der Waals surface area contributed by atoms with Crippen molar-refractivity contribution in [2.24, 2.45) is 0 Å². The lowest BCUT2D eigenvalue weighted by atomic mass is 10.1. The van der Waals surface area contributed by atoms with Gasteiger partial charge >= 0.3 is 0 Å². The minimum absolute atomic E-state index is 0.00416. The molecule has 0 amide bonds. The maximum atomic E-state index is 14.4. The van der Waals surface area contributed by atoms with Crippen molar-refractivity contribution in [1.29, 1.82) is 0 Å². The van der Waals surface area contributed by atoms with Crippen LogP contribution in [0.2, 0.25) is 5.02 Å². The van der Waals surface area contributed by atoms with Crippen LogP contribution in [0, 0.1) is 5.82 Å². The van der Waals surface area contributed by atoms with Gasteiger partial charge in [0.2, 0.25) is 0 Å². The van der Waals surface area contributed by atoms with E-state index in [1.165, 1.54) is 21.5 Å². The maximum absolute atomic E-state index is 14.4. The molecule has 0 aliphatic heterocycles. The van der Waals surface area contributed by atoms with E-state index < -0.39 is 5.82 Å². The monoisotopic (exact) mass is 491 g/mol. The summed E-state index contributed by atoms with van der Waals surface area (Å²) in [6.07, 6.45) is 12.0. The van der Waals surface area contributed by atoms with Gasteiger partial charge in [0, 0.05) is 25.0 Å². The lowest BCUT2D eigenvalue weighted by Gasteiger charge is -2.02. The number of pyridine rings is 2. The van der Waals surface area contributed by atoms with Crippen molar-refractivity contribution in [3.8, 4) is 0 Å². The number of aromatic nitrogens is 7. The fourth-order valence-corrected chi connectivity index (χ4v) is 4.44. The summed E-state index contributed by atoms with van der Waals surface area (Å²) in [6.45, 7) is 0.300. The molecule has 0 radical (unpaired) electrons. The first-order chi connectivity index (χ1) is 17.0. The van der Waals surface area contributed by atoms with E-state index in [4.69, 9.17) is 11.6 Å². The third-order valence-electron chi connectivity index (χ3n) is 6.23. The van der Waals surface area contributed by atoms with Crippen molar-refractivity contribution in [3.05, 3.63) is 82.3 Å². The Morgan fingerprint density at radius 1 is 1.23 bits per heavy atom. The average Bonchev–Trinajstić information content (AvgIpc) is 3.26. The number of nitrogens with zero attached hydrogens (tertiary/aromatic N) is 7. The molecule has 0 spiro atoms. The number of aryl methyl sites for hydroxylation is 1. The SMILES string of the molecule is O=Cc1cc(C2CC2)cn2cc(Cn3cc(C(=O)CCc4ncn5ccc(Cl)c(F)c45)nn3)nc12. The molecular formula is C24H19ClFN7O2. The van der Waals surface area contributed by atoms with Crippen LogP contribution in [0.5, 0.6) is 0 Å². The van der Waals surface area contributed by atoms with Crippen molar-refractivity contribution in [2.75, 3.05) is 0 Å². The number of halogens is 2. The summed E-state index contributed by atoms with van der Waals surface area (Å²) in [4.78, 5) is 33.0. The molecule has 0 saturated heterocycles. The summed E-state index contributed by atoms with van der Waals surface area (Å²) in [6, 6.07) is 3.36. The van der Waals surface area contributed by atoms with Crippen LogP contribution in [-0.4, -0.2) is 45.8 Å². The average molecular weight is 492 g/mol. The van der Waals surface area contributed by atoms with Crippen LogP contribution in [-0.2, 0) is 13.0 Å². The van der Waals surface area contributed by atoms with Gasteiger partial charge < -0.3 is 8.80 Å². The fraction of sp³-hybridized carbons (Fsp3) is 0.250. The first-order valence-electron chi connectivity index (χ1n) is 11.2. The summed E-state index contributed by atoms with van der Waals surface area (Å²) >= 11 is 5.88. The number of ketones is 1. The van der Waals surface area contributed by atoms with E-state index in [2.05, 4.69) is 20.3 Å². The lowest BCUT2D eigenvalue weighted by Crippen LogP contribution is -2.03. The molecule has 0 unspecified atom stereocenters. The molecular weight excluding hydrogens is 473 g/mol. The molecule has 0 bridgehead atoms. The highest BCUT2D eigenvalue weighted by Crippen LogP contribution is 2.40. The Morgan fingerprint density at radius 2 is 2.09 bits per heavy atom. The molecule has 9 nitrogen and oxygen atoms in total. The van der Waals surface area contributed by atoms with Crippen LogP contribution < -0.4 is 0 Å². The van der Waals surface area contributed by atoms with Gasteiger partial charge in [0.1, 0.15) is 16.9 Å². The van der Waals surface area contributed by atoms with E-state index in [1.54, 1.807) is 12.4 Å². The highest BCUT2D eigenvalue weighted by Gasteiger charge is 2.25. The summed E-state index contributed by atoms with van der Waals surface area (Å²) in [5.74, 6) is -0.275. The molecule has 1 fully saturated rings. The first kappa shape index (κ1) is 21.6. The van der Waals surface area contributed by atoms with Gasteiger partial charge in [0.15, 0.2) is 17.9 Å². The fourth-order valence-electron chi connectivity index (χ4n) is 4.30. The number of Topliss-reactive ketones (excluding diaryl/α,β-unsaturated/α-hetero) is 1. The zero-order valence-corrected chi connectivity index (χ0v) is 19.2. The molecule has 0 N–H and O–H groups in total. The molecule has 11 heteroatoms. The summed E-state index contributed by atoms with van der Waals surface area (Å²) in [5.41, 5.74) is 3.91. The van der Waals surface area contributed by atoms with Gasteiger partial charge in [-0.25, -0.2) is 19.0 Å². The van der Waals surface area contributed by atoms with Gasteiger partial charge in [0.25, 0.3) is 0 Å². The van der Waals surface area contributed by atoms with Gasteiger partial charge in [-0.15, -0.1) is 5.10 Å². The summed E-state index contributed by atoms with van der Waals surface area (Å²) in [7, 11) is 0. The highest BCUT2D eigenvalue weighted by atomic mass is 35.5. The normalized spacial score (nSPS) is 13.7. The van der Waals surface area contributed by atoms with Crippen LogP contribution in [0.15, 0.2) is 43.2 Å². The van der Waals surface area contributed by atoms with Crippen LogP contribution >= 0.6 is 11.6 Å². The van der Waals surface area contributed by atoms with Gasteiger partial charge in [-0.1, -0.05) is 16.8 Å². The van der Waals surface area contributed by atoms with E-state index >= 15 is 0 Å². The second-order valence-electron chi connectivity index (χ2n) is 8.73. The minimum Gasteiger partial charge on any atom is -0.306 e. The number of carbonyl (C=O) groups is 2. The van der Waals surface area contributed by atoms with Gasteiger partial charge in [-0.05, 0) is 42.9 Å². The summed E-state index contributed by atoms with van der Waals surface area (Å²) in [5, 5.41) is 8.05. The van der Waals surface area contributed by atoms with Crippen molar-refractivity contribution in [1.82, 2.24) is 33.8 Å². The highest BCUT2D eigenvalue weighted by molar-refractivity contribution is 6.31. The number of hydrogen-bond acceptors (Lipinski definition) is 6. The van der Waals surface area contributed by atoms with Crippen LogP contribution in [0.25, 0.3) is 11.2 Å². The number of carbonyl (C=O) groups excluding carboxylic acids is 2. The molecule has 35 heavy (non-hydrogen) atoms. The van der Waals surface area contributed by atoms with Gasteiger partial charge in [0.05, 0.1) is 41.0 Å². The minimum atomic E-state index is -0.561. The van der Waals surface area contributed by atoms with E-state index in [9.17, 15) is 14.0 Å². The van der Waals surface area contributed by atoms with E-state index in [-0.39, 0.29) is 34.9 Å². The number of imidazole rings is 2. The Balaban J connectivity index is 1.17. The molecule has 0 aromatic carbocycles. The van der Waals surface area contributed by atoms with E-state index in [0.29, 0.717) is 35.1 Å². The zero-order chi connectivity index (χ0) is 24.1. The smallest absolute Gasteiger partial charge is 0.185 e. The number of hydrogen-bond donors (Lipinski definition) is 0. The third kappa shape index (κ3) is 3.99. The van der Waals surface area contributed by atoms with Crippen molar-refractivity contribution in [2.45, 2.75) is 38.1 Å². The van der Waals surface area contributed by atoms with Gasteiger partial charge in [-0.2, -0.15) is 0 Å². The van der Waals surface area contributed by atoms with E-state index in [1.807, 2.05) is 22.9 Å². The molecule has 1 saturated carbocycles. The molecule has 1 aliphatic carbocycles. The Labute approximate surface area is 203 Å². The Morgan fingerprint density at radius 3 is 2.89 bits per heavy atom. The molecule has 6 rings (SSSR count). The second kappa shape index (κ2) is 8.38. The van der Waals surface area contributed by atoms with Crippen molar-refractivity contribution >= 4 is 34.8 Å². The molecule has 176 valence electrons. The van der Waals surface area contributed by atoms with Crippen molar-refractivity contribution in [3.63, 3.8) is 0 Å². The van der Waals surface area contributed by atoms with Crippen molar-refractivity contribution < 1.29 is 14.0 Å². The molecule has 5 heterocycles. The van der Waals surface area contributed by atoms with E-state index in [0.717, 1.165) is 24.7 Å². The number of fused-ring (bicyclic) bond motifs is 2.